The molecule has 0 unspecified atom stereocenters. The van der Waals surface area contributed by atoms with Crippen molar-refractivity contribution in [3.8, 4) is 17.2 Å². The van der Waals surface area contributed by atoms with Crippen LogP contribution in [0.15, 0.2) is 42.5 Å². The number of aryl methyl sites for hydroxylation is 2. The zero-order valence-electron chi connectivity index (χ0n) is 20.8. The first kappa shape index (κ1) is 24.1. The van der Waals surface area contributed by atoms with Gasteiger partial charge >= 0.3 is 0 Å². The number of piperazine rings is 1. The summed E-state index contributed by atoms with van der Waals surface area (Å²) in [5, 5.41) is 3.35. The van der Waals surface area contributed by atoms with Gasteiger partial charge in [-0.05, 0) is 38.1 Å². The summed E-state index contributed by atoms with van der Waals surface area (Å²) < 4.78 is 16.2. The molecule has 0 bridgehead atoms. The molecule has 0 aliphatic carbocycles. The average Bonchev–Trinajstić information content (AvgIpc) is 2.88. The zero-order valence-corrected chi connectivity index (χ0v) is 20.8. The van der Waals surface area contributed by atoms with Gasteiger partial charge in [-0.25, -0.2) is 4.98 Å². The van der Waals surface area contributed by atoms with Crippen LogP contribution in [0.2, 0.25) is 0 Å². The third-order valence-corrected chi connectivity index (χ3v) is 5.93. The molecule has 1 amide bonds. The first-order chi connectivity index (χ1) is 16.9. The van der Waals surface area contributed by atoms with Gasteiger partial charge in [0.05, 0.1) is 21.3 Å². The molecule has 1 N–H and O–H groups in total. The van der Waals surface area contributed by atoms with Gasteiger partial charge in [0.2, 0.25) is 11.7 Å². The van der Waals surface area contributed by atoms with Crippen molar-refractivity contribution >= 4 is 23.4 Å². The molecular weight excluding hydrogens is 446 g/mol. The Morgan fingerprint density at radius 3 is 2.06 bits per heavy atom. The second-order valence-electron chi connectivity index (χ2n) is 8.38. The number of anilines is 3. The maximum Gasteiger partial charge on any atom is 0.254 e. The SMILES string of the molecule is COc1cc(C(=O)N2CCN(c3nc(C)cc(Nc4ccc(C)cc4)n3)CC2)cc(OC)c1OC. The molecular formula is C26H31N5O4. The summed E-state index contributed by atoms with van der Waals surface area (Å²) >= 11 is 0. The molecule has 184 valence electrons. The van der Waals surface area contributed by atoms with Crippen LogP contribution >= 0.6 is 0 Å². The smallest absolute Gasteiger partial charge is 0.254 e. The molecule has 1 aliphatic heterocycles. The third-order valence-electron chi connectivity index (χ3n) is 5.93. The van der Waals surface area contributed by atoms with Gasteiger partial charge in [0.1, 0.15) is 5.82 Å². The molecule has 9 heteroatoms. The van der Waals surface area contributed by atoms with Crippen LogP contribution in [0.4, 0.5) is 17.5 Å². The van der Waals surface area contributed by atoms with E-state index >= 15 is 0 Å². The number of hydrogen-bond acceptors (Lipinski definition) is 8. The number of nitrogens with zero attached hydrogens (tertiary/aromatic N) is 4. The molecule has 2 heterocycles. The molecule has 9 nitrogen and oxygen atoms in total. The number of nitrogens with one attached hydrogen (secondary N) is 1. The van der Waals surface area contributed by atoms with Crippen LogP contribution < -0.4 is 24.4 Å². The number of rotatable bonds is 7. The summed E-state index contributed by atoms with van der Waals surface area (Å²) in [6.45, 7) is 6.37. The number of ether oxygens (including phenoxy) is 3. The molecule has 1 fully saturated rings. The second-order valence-corrected chi connectivity index (χ2v) is 8.38. The van der Waals surface area contributed by atoms with E-state index in [1.165, 1.54) is 26.9 Å². The Bertz CT molecular complexity index is 1170. The van der Waals surface area contributed by atoms with E-state index in [-0.39, 0.29) is 5.91 Å². The first-order valence-electron chi connectivity index (χ1n) is 11.5. The second kappa shape index (κ2) is 10.5. The predicted octanol–water partition coefficient (Wildman–Crippen LogP) is 3.83. The Morgan fingerprint density at radius 2 is 1.49 bits per heavy atom. The zero-order chi connectivity index (χ0) is 24.9. The lowest BCUT2D eigenvalue weighted by Crippen LogP contribution is -2.49. The fraction of sp³-hybridized carbons (Fsp3) is 0.346. The van der Waals surface area contributed by atoms with E-state index in [1.807, 2.05) is 30.0 Å². The maximum atomic E-state index is 13.2. The van der Waals surface area contributed by atoms with Gasteiger partial charge in [-0.1, -0.05) is 17.7 Å². The summed E-state index contributed by atoms with van der Waals surface area (Å²) in [6.07, 6.45) is 0. The molecule has 0 atom stereocenters. The number of hydrogen-bond donors (Lipinski definition) is 1. The molecule has 3 aromatic rings. The molecule has 4 rings (SSSR count). The monoisotopic (exact) mass is 477 g/mol. The molecule has 1 aromatic heterocycles. The van der Waals surface area contributed by atoms with Crippen LogP contribution in [0.5, 0.6) is 17.2 Å². The van der Waals surface area contributed by atoms with Crippen LogP contribution in [0.1, 0.15) is 21.6 Å². The van der Waals surface area contributed by atoms with Crippen LogP contribution in [-0.4, -0.2) is 68.3 Å². The Morgan fingerprint density at radius 1 is 0.857 bits per heavy atom. The quantitative estimate of drug-likeness (QED) is 0.549. The molecule has 0 saturated carbocycles. The van der Waals surface area contributed by atoms with E-state index in [0.717, 1.165) is 17.2 Å². The fourth-order valence-electron chi connectivity index (χ4n) is 4.04. The Balaban J connectivity index is 1.45. The van der Waals surface area contributed by atoms with Gasteiger partial charge in [0.25, 0.3) is 5.91 Å². The predicted molar refractivity (Wildman–Crippen MR) is 135 cm³/mol. The summed E-state index contributed by atoms with van der Waals surface area (Å²) in [7, 11) is 4.61. The van der Waals surface area contributed by atoms with Gasteiger partial charge in [0.15, 0.2) is 11.5 Å². The number of methoxy groups -OCH3 is 3. The van der Waals surface area contributed by atoms with E-state index < -0.39 is 0 Å². The topological polar surface area (TPSA) is 89.1 Å². The highest BCUT2D eigenvalue weighted by molar-refractivity contribution is 5.95. The van der Waals surface area contributed by atoms with E-state index in [4.69, 9.17) is 19.2 Å². The van der Waals surface area contributed by atoms with Crippen molar-refractivity contribution in [2.75, 3.05) is 57.7 Å². The van der Waals surface area contributed by atoms with Crippen molar-refractivity contribution in [2.45, 2.75) is 13.8 Å². The van der Waals surface area contributed by atoms with Gasteiger partial charge in [0, 0.05) is 49.2 Å². The van der Waals surface area contributed by atoms with Crippen LogP contribution in [0.3, 0.4) is 0 Å². The van der Waals surface area contributed by atoms with E-state index in [2.05, 4.69) is 34.3 Å². The van der Waals surface area contributed by atoms with Crippen molar-refractivity contribution in [3.05, 3.63) is 59.3 Å². The highest BCUT2D eigenvalue weighted by atomic mass is 16.5. The minimum Gasteiger partial charge on any atom is -0.493 e. The van der Waals surface area contributed by atoms with Crippen LogP contribution in [-0.2, 0) is 0 Å². The number of benzene rings is 2. The van der Waals surface area contributed by atoms with E-state index in [9.17, 15) is 4.79 Å². The minimum absolute atomic E-state index is 0.0872. The van der Waals surface area contributed by atoms with Crippen molar-refractivity contribution < 1.29 is 19.0 Å². The average molecular weight is 478 g/mol. The van der Waals surface area contributed by atoms with Crippen molar-refractivity contribution in [3.63, 3.8) is 0 Å². The Kier molecular flexibility index (Phi) is 7.24. The lowest BCUT2D eigenvalue weighted by atomic mass is 10.1. The van der Waals surface area contributed by atoms with E-state index in [1.54, 1.807) is 12.1 Å². The Labute approximate surface area is 205 Å². The number of carbonyl (C=O) groups excluding carboxylic acids is 1. The summed E-state index contributed by atoms with van der Waals surface area (Å²) in [5.74, 6) is 2.68. The number of carbonyl (C=O) groups is 1. The molecule has 1 aliphatic rings. The summed E-state index contributed by atoms with van der Waals surface area (Å²) in [5.41, 5.74) is 3.54. The molecule has 2 aromatic carbocycles. The fourth-order valence-corrected chi connectivity index (χ4v) is 4.04. The van der Waals surface area contributed by atoms with Gasteiger partial charge in [-0.3, -0.25) is 4.79 Å². The van der Waals surface area contributed by atoms with Gasteiger partial charge < -0.3 is 29.3 Å². The highest BCUT2D eigenvalue weighted by Gasteiger charge is 2.26. The van der Waals surface area contributed by atoms with Gasteiger partial charge in [-0.15, -0.1) is 0 Å². The van der Waals surface area contributed by atoms with E-state index in [0.29, 0.717) is 54.9 Å². The lowest BCUT2D eigenvalue weighted by Gasteiger charge is -2.35. The summed E-state index contributed by atoms with van der Waals surface area (Å²) in [4.78, 5) is 26.5. The largest absolute Gasteiger partial charge is 0.493 e. The van der Waals surface area contributed by atoms with Crippen molar-refractivity contribution in [1.82, 2.24) is 14.9 Å². The van der Waals surface area contributed by atoms with Crippen molar-refractivity contribution in [1.29, 1.82) is 0 Å². The van der Waals surface area contributed by atoms with Crippen LogP contribution in [0, 0.1) is 13.8 Å². The molecule has 0 spiro atoms. The molecule has 0 radical (unpaired) electrons. The number of amides is 1. The lowest BCUT2D eigenvalue weighted by molar-refractivity contribution is 0.0745. The third kappa shape index (κ3) is 5.40. The highest BCUT2D eigenvalue weighted by Crippen LogP contribution is 2.38. The summed E-state index contributed by atoms with van der Waals surface area (Å²) in [6, 6.07) is 13.5. The normalized spacial score (nSPS) is 13.4. The van der Waals surface area contributed by atoms with Gasteiger partial charge in [-0.2, -0.15) is 4.98 Å². The first-order valence-corrected chi connectivity index (χ1v) is 11.5. The van der Waals surface area contributed by atoms with Crippen molar-refractivity contribution in [2.24, 2.45) is 0 Å². The molecule has 35 heavy (non-hydrogen) atoms. The minimum atomic E-state index is -0.0872. The Hall–Kier alpha value is -4.01. The number of aromatic nitrogens is 2. The van der Waals surface area contributed by atoms with Crippen LogP contribution in [0.25, 0.3) is 0 Å². The molecule has 1 saturated heterocycles. The maximum absolute atomic E-state index is 13.2. The standard InChI is InChI=1S/C26H31N5O4/c1-17-6-8-20(9-7-17)28-23-14-18(2)27-26(29-23)31-12-10-30(11-13-31)25(32)19-15-21(33-3)24(35-5)22(16-19)34-4/h6-9,14-16H,10-13H2,1-5H3,(H,27,28,29).